The van der Waals surface area contributed by atoms with Gasteiger partial charge in [-0.15, -0.1) is 11.6 Å². The Hall–Kier alpha value is -0.810. The Morgan fingerprint density at radius 2 is 2.00 bits per heavy atom. The minimum absolute atomic E-state index is 0.0425. The van der Waals surface area contributed by atoms with Crippen molar-refractivity contribution < 1.29 is 19.1 Å². The number of morpholine rings is 1. The highest BCUT2D eigenvalue weighted by molar-refractivity contribution is 6.21. The molecular formula is C13H18ClNO4. The van der Waals surface area contributed by atoms with Crippen molar-refractivity contribution in [2.75, 3.05) is 26.3 Å². The van der Waals surface area contributed by atoms with Crippen LogP contribution >= 0.6 is 11.6 Å². The van der Waals surface area contributed by atoms with Crippen LogP contribution < -0.4 is 0 Å². The third-order valence-electron chi connectivity index (χ3n) is 4.32. The fourth-order valence-corrected chi connectivity index (χ4v) is 3.70. The van der Waals surface area contributed by atoms with E-state index in [0.717, 1.165) is 19.3 Å². The summed E-state index contributed by atoms with van der Waals surface area (Å²) in [6.07, 6.45) is 2.38. The van der Waals surface area contributed by atoms with E-state index in [2.05, 4.69) is 0 Å². The van der Waals surface area contributed by atoms with E-state index in [-0.39, 0.29) is 29.3 Å². The third-order valence-corrected chi connectivity index (χ3v) is 4.79. The second kappa shape index (κ2) is 5.29. The summed E-state index contributed by atoms with van der Waals surface area (Å²) in [6, 6.07) is 0. The lowest BCUT2D eigenvalue weighted by molar-refractivity contribution is -0.152. The zero-order valence-corrected chi connectivity index (χ0v) is 11.5. The molecule has 4 unspecified atom stereocenters. The fourth-order valence-electron chi connectivity index (χ4n) is 3.31. The Bertz CT molecular complexity index is 383. The second-order valence-electron chi connectivity index (χ2n) is 5.43. The van der Waals surface area contributed by atoms with Gasteiger partial charge in [0.2, 0.25) is 5.91 Å². The number of hydrogen-bond donors (Lipinski definition) is 0. The van der Waals surface area contributed by atoms with Gasteiger partial charge in [0.1, 0.15) is 12.0 Å². The predicted octanol–water partition coefficient (Wildman–Crippen LogP) is 0.794. The summed E-state index contributed by atoms with van der Waals surface area (Å²) >= 11 is 6.22. The molecule has 0 bridgehead atoms. The summed E-state index contributed by atoms with van der Waals surface area (Å²) in [5.41, 5.74) is 0. The van der Waals surface area contributed by atoms with Gasteiger partial charge < -0.3 is 14.4 Å². The van der Waals surface area contributed by atoms with Crippen molar-refractivity contribution >= 4 is 23.5 Å². The van der Waals surface area contributed by atoms with Crippen LogP contribution in [0.4, 0.5) is 0 Å². The van der Waals surface area contributed by atoms with Gasteiger partial charge in [0.15, 0.2) is 0 Å². The summed E-state index contributed by atoms with van der Waals surface area (Å²) in [6.45, 7) is 2.20. The highest BCUT2D eigenvalue weighted by atomic mass is 35.5. The maximum Gasteiger partial charge on any atom is 0.319 e. The molecule has 6 heteroatoms. The molecule has 5 nitrogen and oxygen atoms in total. The molecular weight excluding hydrogens is 270 g/mol. The minimum Gasteiger partial charge on any atom is -0.460 e. The van der Waals surface area contributed by atoms with Crippen LogP contribution in [0.3, 0.4) is 0 Å². The van der Waals surface area contributed by atoms with Crippen molar-refractivity contribution in [1.82, 2.24) is 4.90 Å². The molecule has 0 aromatic rings. The highest BCUT2D eigenvalue weighted by Crippen LogP contribution is 2.41. The van der Waals surface area contributed by atoms with Gasteiger partial charge in [0.05, 0.1) is 18.6 Å². The van der Waals surface area contributed by atoms with Gasteiger partial charge in [0.25, 0.3) is 0 Å². The number of carbonyl (C=O) groups excluding carboxylic acids is 2. The molecule has 1 amide bonds. The Morgan fingerprint density at radius 1 is 1.26 bits per heavy atom. The quantitative estimate of drug-likeness (QED) is 0.407. The maximum absolute atomic E-state index is 12.5. The molecule has 2 heterocycles. The molecule has 1 saturated carbocycles. The fraction of sp³-hybridized carbons (Fsp3) is 0.846. The average molecular weight is 288 g/mol. The molecule has 3 aliphatic rings. The van der Waals surface area contributed by atoms with Gasteiger partial charge in [-0.25, -0.2) is 0 Å². The van der Waals surface area contributed by atoms with Gasteiger partial charge in [-0.1, -0.05) is 6.42 Å². The van der Waals surface area contributed by atoms with Crippen molar-refractivity contribution in [3.8, 4) is 0 Å². The van der Waals surface area contributed by atoms with Crippen molar-refractivity contribution in [2.45, 2.75) is 30.7 Å². The third kappa shape index (κ3) is 2.34. The largest absolute Gasteiger partial charge is 0.460 e. The number of alkyl halides is 1. The molecule has 3 fully saturated rings. The Morgan fingerprint density at radius 3 is 2.74 bits per heavy atom. The van der Waals surface area contributed by atoms with Crippen LogP contribution in [-0.2, 0) is 19.1 Å². The first-order valence-corrected chi connectivity index (χ1v) is 7.33. The summed E-state index contributed by atoms with van der Waals surface area (Å²) in [4.78, 5) is 26.2. The van der Waals surface area contributed by atoms with E-state index in [1.165, 1.54) is 0 Å². The smallest absolute Gasteiger partial charge is 0.319 e. The number of carbonyl (C=O) groups is 2. The lowest BCUT2D eigenvalue weighted by Gasteiger charge is -2.32. The molecule has 3 rings (SSSR count). The van der Waals surface area contributed by atoms with E-state index in [1.54, 1.807) is 4.90 Å². The normalized spacial score (nSPS) is 38.8. The van der Waals surface area contributed by atoms with E-state index < -0.39 is 5.92 Å². The molecule has 2 saturated heterocycles. The zero-order chi connectivity index (χ0) is 13.4. The van der Waals surface area contributed by atoms with Crippen LogP contribution in [0.5, 0.6) is 0 Å². The second-order valence-corrected chi connectivity index (χ2v) is 5.99. The van der Waals surface area contributed by atoms with Crippen LogP contribution in [0, 0.1) is 11.8 Å². The number of halogens is 1. The average Bonchev–Trinajstić information content (AvgIpc) is 2.77. The maximum atomic E-state index is 12.5. The monoisotopic (exact) mass is 287 g/mol. The number of hydrogen-bond acceptors (Lipinski definition) is 4. The number of amides is 1. The van der Waals surface area contributed by atoms with Crippen molar-refractivity contribution in [1.29, 1.82) is 0 Å². The van der Waals surface area contributed by atoms with Gasteiger partial charge in [0, 0.05) is 19.0 Å². The van der Waals surface area contributed by atoms with E-state index in [0.29, 0.717) is 26.3 Å². The highest BCUT2D eigenvalue weighted by Gasteiger charge is 2.53. The van der Waals surface area contributed by atoms with E-state index >= 15 is 0 Å². The Kier molecular flexibility index (Phi) is 3.67. The summed E-state index contributed by atoms with van der Waals surface area (Å²) < 4.78 is 10.6. The molecule has 0 radical (unpaired) electrons. The summed E-state index contributed by atoms with van der Waals surface area (Å²) in [7, 11) is 0. The topological polar surface area (TPSA) is 55.8 Å². The van der Waals surface area contributed by atoms with E-state index in [9.17, 15) is 9.59 Å². The summed E-state index contributed by atoms with van der Waals surface area (Å²) in [5.74, 6) is -1.19. The number of fused-ring (bicyclic) bond motifs is 1. The first-order valence-electron chi connectivity index (χ1n) is 6.89. The molecule has 0 aromatic carbocycles. The molecule has 0 N–H and O–H groups in total. The number of esters is 1. The van der Waals surface area contributed by atoms with Gasteiger partial charge >= 0.3 is 5.97 Å². The first-order chi connectivity index (χ1) is 9.18. The van der Waals surface area contributed by atoms with Crippen molar-refractivity contribution in [2.24, 2.45) is 11.8 Å². The van der Waals surface area contributed by atoms with Crippen LogP contribution in [0.25, 0.3) is 0 Å². The van der Waals surface area contributed by atoms with Crippen LogP contribution in [0.15, 0.2) is 0 Å². The molecule has 2 aliphatic heterocycles. The first kappa shape index (κ1) is 13.2. The van der Waals surface area contributed by atoms with Gasteiger partial charge in [-0.3, -0.25) is 9.59 Å². The molecule has 19 heavy (non-hydrogen) atoms. The Balaban J connectivity index is 1.75. The lowest BCUT2D eigenvalue weighted by atomic mass is 9.79. The van der Waals surface area contributed by atoms with Crippen LogP contribution in [-0.4, -0.2) is 54.6 Å². The van der Waals surface area contributed by atoms with Crippen molar-refractivity contribution in [3.05, 3.63) is 0 Å². The standard InChI is InChI=1S/C13H18ClNO4/c14-9-3-1-2-8-10(13(17)19-11(8)9)12(16)15-4-6-18-7-5-15/h8-11H,1-7H2. The van der Waals surface area contributed by atoms with Gasteiger partial charge in [-0.05, 0) is 12.8 Å². The SMILES string of the molecule is O=C1OC2C(Cl)CCCC2C1C(=O)N1CCOCC1. The number of ether oxygens (including phenoxy) is 2. The van der Waals surface area contributed by atoms with Crippen LogP contribution in [0.2, 0.25) is 0 Å². The van der Waals surface area contributed by atoms with E-state index in [1.807, 2.05) is 0 Å². The summed E-state index contributed by atoms with van der Waals surface area (Å²) in [5, 5.41) is -0.148. The molecule has 0 aromatic heterocycles. The molecule has 0 spiro atoms. The predicted molar refractivity (Wildman–Crippen MR) is 67.8 cm³/mol. The van der Waals surface area contributed by atoms with Crippen molar-refractivity contribution in [3.63, 3.8) is 0 Å². The minimum atomic E-state index is -0.648. The Labute approximate surface area is 117 Å². The number of rotatable bonds is 1. The molecule has 106 valence electrons. The number of nitrogens with zero attached hydrogens (tertiary/aromatic N) is 1. The molecule has 4 atom stereocenters. The van der Waals surface area contributed by atoms with Gasteiger partial charge in [-0.2, -0.15) is 0 Å². The van der Waals surface area contributed by atoms with Crippen LogP contribution in [0.1, 0.15) is 19.3 Å². The molecule has 1 aliphatic carbocycles. The zero-order valence-electron chi connectivity index (χ0n) is 10.7. The lowest BCUT2D eigenvalue weighted by Crippen LogP contribution is -2.47. The van der Waals surface area contributed by atoms with E-state index in [4.69, 9.17) is 21.1 Å².